The van der Waals surface area contributed by atoms with Gasteiger partial charge in [-0.3, -0.25) is 0 Å². The molecule has 0 amide bonds. The Balaban J connectivity index is 2.94. The summed E-state index contributed by atoms with van der Waals surface area (Å²) in [6.07, 6.45) is 13.0. The van der Waals surface area contributed by atoms with Crippen molar-refractivity contribution in [2.75, 3.05) is 24.4 Å². The lowest BCUT2D eigenvalue weighted by Gasteiger charge is -2.04. The lowest BCUT2D eigenvalue weighted by atomic mass is 10.2. The van der Waals surface area contributed by atoms with Crippen LogP contribution in [0.3, 0.4) is 0 Å². The summed E-state index contributed by atoms with van der Waals surface area (Å²) < 4.78 is 12.0. The number of unbranched alkanes of at least 4 members (excludes halogenated alkanes) is 4. The molecule has 102 valence electrons. The number of ether oxygens (including phenoxy) is 2. The molecule has 0 saturated carbocycles. The van der Waals surface area contributed by atoms with Crippen LogP contribution >= 0.6 is 22.6 Å². The monoisotopic (exact) mass is 354 g/mol. The molecule has 3 heteroatoms. The van der Waals surface area contributed by atoms with Crippen molar-refractivity contribution in [2.24, 2.45) is 0 Å². The molecule has 0 aliphatic rings. The van der Waals surface area contributed by atoms with E-state index in [0.717, 1.165) is 26.1 Å². The van der Waals surface area contributed by atoms with Crippen molar-refractivity contribution in [2.45, 2.75) is 51.9 Å². The number of halogens is 1. The van der Waals surface area contributed by atoms with E-state index in [2.05, 4.69) is 41.7 Å². The molecule has 0 N–H and O–H groups in total. The second-order valence-corrected chi connectivity index (χ2v) is 5.17. The first-order valence-electron chi connectivity index (χ1n) is 6.78. The SMILES string of the molecule is CCCCCCCOCOCC/C=C\CCI. The summed E-state index contributed by atoms with van der Waals surface area (Å²) in [6, 6.07) is 0. The van der Waals surface area contributed by atoms with Crippen LogP contribution in [0.25, 0.3) is 0 Å². The van der Waals surface area contributed by atoms with Crippen molar-refractivity contribution in [1.82, 2.24) is 0 Å². The molecule has 0 atom stereocenters. The predicted molar refractivity (Wildman–Crippen MR) is 82.8 cm³/mol. The maximum absolute atomic E-state index is 5.39. The van der Waals surface area contributed by atoms with Crippen LogP contribution in [-0.2, 0) is 9.47 Å². The Morgan fingerprint density at radius 3 is 2.35 bits per heavy atom. The first-order chi connectivity index (χ1) is 8.41. The summed E-state index contributed by atoms with van der Waals surface area (Å²) in [7, 11) is 0. The van der Waals surface area contributed by atoms with Gasteiger partial charge in [-0.15, -0.1) is 0 Å². The van der Waals surface area contributed by atoms with Crippen LogP contribution in [0.5, 0.6) is 0 Å². The van der Waals surface area contributed by atoms with Gasteiger partial charge in [0.1, 0.15) is 6.79 Å². The van der Waals surface area contributed by atoms with Crippen molar-refractivity contribution in [3.63, 3.8) is 0 Å². The predicted octanol–water partition coefficient (Wildman–Crippen LogP) is 4.72. The zero-order valence-electron chi connectivity index (χ0n) is 11.1. The molecule has 0 bridgehead atoms. The van der Waals surface area contributed by atoms with Gasteiger partial charge in [0.25, 0.3) is 0 Å². The van der Waals surface area contributed by atoms with Crippen molar-refractivity contribution in [3.8, 4) is 0 Å². The van der Waals surface area contributed by atoms with Gasteiger partial charge < -0.3 is 9.47 Å². The number of alkyl halides is 1. The van der Waals surface area contributed by atoms with Crippen molar-refractivity contribution < 1.29 is 9.47 Å². The van der Waals surface area contributed by atoms with Gasteiger partial charge >= 0.3 is 0 Å². The third-order valence-electron chi connectivity index (χ3n) is 2.43. The largest absolute Gasteiger partial charge is 0.355 e. The van der Waals surface area contributed by atoms with Gasteiger partial charge in [-0.25, -0.2) is 0 Å². The lowest BCUT2D eigenvalue weighted by Crippen LogP contribution is -2.02. The molecule has 0 aliphatic carbocycles. The van der Waals surface area contributed by atoms with Crippen LogP contribution in [0.4, 0.5) is 0 Å². The summed E-state index contributed by atoms with van der Waals surface area (Å²) in [5.74, 6) is 0. The second kappa shape index (κ2) is 16.4. The first-order valence-corrected chi connectivity index (χ1v) is 8.30. The molecule has 2 nitrogen and oxygen atoms in total. The Morgan fingerprint density at radius 2 is 1.59 bits per heavy atom. The Bertz CT molecular complexity index is 160. The molecule has 0 fully saturated rings. The molecule has 0 spiro atoms. The van der Waals surface area contributed by atoms with E-state index in [1.807, 2.05) is 0 Å². The minimum atomic E-state index is 0.452. The molecule has 0 aliphatic heterocycles. The van der Waals surface area contributed by atoms with Gasteiger partial charge in [-0.05, 0) is 19.3 Å². The van der Waals surface area contributed by atoms with Gasteiger partial charge in [0.2, 0.25) is 0 Å². The van der Waals surface area contributed by atoms with E-state index in [-0.39, 0.29) is 0 Å². The van der Waals surface area contributed by atoms with Gasteiger partial charge in [-0.1, -0.05) is 67.3 Å². The van der Waals surface area contributed by atoms with E-state index in [9.17, 15) is 0 Å². The van der Waals surface area contributed by atoms with Gasteiger partial charge in [0.15, 0.2) is 0 Å². The highest BCUT2D eigenvalue weighted by atomic mass is 127. The Labute approximate surface area is 120 Å². The number of hydrogen-bond acceptors (Lipinski definition) is 2. The normalized spacial score (nSPS) is 11.4. The number of hydrogen-bond donors (Lipinski definition) is 0. The average molecular weight is 354 g/mol. The fourth-order valence-corrected chi connectivity index (χ4v) is 1.79. The fraction of sp³-hybridized carbons (Fsp3) is 0.857. The summed E-state index contributed by atoms with van der Waals surface area (Å²) in [4.78, 5) is 0. The molecule has 0 saturated heterocycles. The van der Waals surface area contributed by atoms with Gasteiger partial charge in [0.05, 0.1) is 6.61 Å². The van der Waals surface area contributed by atoms with Crippen molar-refractivity contribution in [1.29, 1.82) is 0 Å². The van der Waals surface area contributed by atoms with E-state index in [4.69, 9.17) is 9.47 Å². The van der Waals surface area contributed by atoms with Crippen LogP contribution in [-0.4, -0.2) is 24.4 Å². The highest BCUT2D eigenvalue weighted by molar-refractivity contribution is 14.1. The van der Waals surface area contributed by atoms with Crippen LogP contribution < -0.4 is 0 Å². The third kappa shape index (κ3) is 16.4. The zero-order chi connectivity index (χ0) is 12.6. The van der Waals surface area contributed by atoms with E-state index < -0.39 is 0 Å². The molecule has 0 heterocycles. The van der Waals surface area contributed by atoms with Crippen molar-refractivity contribution in [3.05, 3.63) is 12.2 Å². The summed E-state index contributed by atoms with van der Waals surface area (Å²) in [5.41, 5.74) is 0. The molecule has 0 aromatic heterocycles. The van der Waals surface area contributed by atoms with Gasteiger partial charge in [-0.2, -0.15) is 0 Å². The fourth-order valence-electron chi connectivity index (χ4n) is 1.43. The summed E-state index contributed by atoms with van der Waals surface area (Å²) in [6.45, 7) is 4.30. The average Bonchev–Trinajstić information content (AvgIpc) is 2.35. The van der Waals surface area contributed by atoms with Crippen LogP contribution in [0.1, 0.15) is 51.9 Å². The van der Waals surface area contributed by atoms with E-state index >= 15 is 0 Å². The molecule has 0 aromatic carbocycles. The molecule has 0 aromatic rings. The first kappa shape index (κ1) is 17.4. The smallest absolute Gasteiger partial charge is 0.146 e. The van der Waals surface area contributed by atoms with E-state index in [1.165, 1.54) is 36.5 Å². The minimum Gasteiger partial charge on any atom is -0.355 e. The molecule has 0 unspecified atom stereocenters. The standard InChI is InChI=1S/C14H27IO2/c1-2-3-4-6-9-12-16-14-17-13-10-7-5-8-11-15/h5,7H,2-4,6,8-14H2,1H3/b7-5-. The molecule has 0 radical (unpaired) electrons. The van der Waals surface area contributed by atoms with E-state index in [0.29, 0.717) is 6.79 Å². The van der Waals surface area contributed by atoms with Crippen LogP contribution in [0.2, 0.25) is 0 Å². The Kier molecular flexibility index (Phi) is 16.8. The quantitative estimate of drug-likeness (QED) is 0.157. The van der Waals surface area contributed by atoms with E-state index in [1.54, 1.807) is 0 Å². The summed E-state index contributed by atoms with van der Waals surface area (Å²) >= 11 is 2.38. The van der Waals surface area contributed by atoms with Gasteiger partial charge in [0, 0.05) is 11.0 Å². The summed E-state index contributed by atoms with van der Waals surface area (Å²) in [5, 5.41) is 0. The Morgan fingerprint density at radius 1 is 0.882 bits per heavy atom. The Hall–Kier alpha value is 0.390. The number of allylic oxidation sites excluding steroid dienone is 1. The highest BCUT2D eigenvalue weighted by Gasteiger charge is 1.90. The lowest BCUT2D eigenvalue weighted by molar-refractivity contribution is -0.0531. The van der Waals surface area contributed by atoms with Crippen molar-refractivity contribution >= 4 is 22.6 Å². The molecule has 17 heavy (non-hydrogen) atoms. The van der Waals surface area contributed by atoms with Crippen LogP contribution in [0.15, 0.2) is 12.2 Å². The molecular weight excluding hydrogens is 327 g/mol. The number of rotatable bonds is 13. The topological polar surface area (TPSA) is 18.5 Å². The molecular formula is C14H27IO2. The third-order valence-corrected chi connectivity index (χ3v) is 3.05. The maximum Gasteiger partial charge on any atom is 0.146 e. The zero-order valence-corrected chi connectivity index (χ0v) is 13.3. The molecule has 0 rings (SSSR count). The highest BCUT2D eigenvalue weighted by Crippen LogP contribution is 2.02. The van der Waals surface area contributed by atoms with Crippen LogP contribution in [0, 0.1) is 0 Å². The second-order valence-electron chi connectivity index (χ2n) is 4.09. The maximum atomic E-state index is 5.39. The minimum absolute atomic E-state index is 0.452.